The van der Waals surface area contributed by atoms with Gasteiger partial charge in [-0.3, -0.25) is 4.79 Å². The van der Waals surface area contributed by atoms with Gasteiger partial charge in [-0.05, 0) is 38.0 Å². The predicted octanol–water partition coefficient (Wildman–Crippen LogP) is 1.84. The van der Waals surface area contributed by atoms with E-state index in [9.17, 15) is 4.79 Å². The van der Waals surface area contributed by atoms with Crippen LogP contribution in [-0.2, 0) is 0 Å². The molecule has 2 N–H and O–H groups in total. The molecule has 3 heteroatoms. The first-order chi connectivity index (χ1) is 6.97. The topological polar surface area (TPSA) is 52.3 Å². The zero-order valence-corrected chi connectivity index (χ0v) is 9.63. The van der Waals surface area contributed by atoms with Crippen molar-refractivity contribution in [2.45, 2.75) is 26.8 Å². The third-order valence-electron chi connectivity index (χ3n) is 2.32. The van der Waals surface area contributed by atoms with Gasteiger partial charge in [-0.2, -0.15) is 0 Å². The van der Waals surface area contributed by atoms with E-state index in [1.807, 2.05) is 26.0 Å². The Kier molecular flexibility index (Phi) is 3.48. The number of aryl methyl sites for hydroxylation is 2. The number of ketones is 1. The average Bonchev–Trinajstić information content (AvgIpc) is 2.15. The van der Waals surface area contributed by atoms with Crippen LogP contribution in [0.4, 0.5) is 0 Å². The van der Waals surface area contributed by atoms with E-state index in [4.69, 9.17) is 10.5 Å². The first kappa shape index (κ1) is 11.7. The van der Waals surface area contributed by atoms with E-state index in [0.29, 0.717) is 11.3 Å². The third kappa shape index (κ3) is 2.36. The number of Topliss-reactive ketones (excluding diaryl/α,β-unsaturated/α-hetero) is 1. The van der Waals surface area contributed by atoms with Crippen LogP contribution in [0.5, 0.6) is 5.75 Å². The van der Waals surface area contributed by atoms with Gasteiger partial charge in [0.2, 0.25) is 0 Å². The number of rotatable bonds is 3. The van der Waals surface area contributed by atoms with Gasteiger partial charge in [0.05, 0.1) is 18.7 Å². The summed E-state index contributed by atoms with van der Waals surface area (Å²) in [7, 11) is 1.56. The molecule has 0 aromatic heterocycles. The van der Waals surface area contributed by atoms with Crippen LogP contribution in [0, 0.1) is 13.8 Å². The van der Waals surface area contributed by atoms with Crippen molar-refractivity contribution in [2.24, 2.45) is 5.73 Å². The molecule has 0 aliphatic heterocycles. The molecule has 15 heavy (non-hydrogen) atoms. The lowest BCUT2D eigenvalue weighted by atomic mass is 9.97. The van der Waals surface area contributed by atoms with Crippen molar-refractivity contribution < 1.29 is 9.53 Å². The van der Waals surface area contributed by atoms with Crippen LogP contribution in [0.1, 0.15) is 28.4 Å². The molecule has 0 aliphatic rings. The first-order valence-corrected chi connectivity index (χ1v) is 4.92. The van der Waals surface area contributed by atoms with E-state index < -0.39 is 6.04 Å². The monoisotopic (exact) mass is 207 g/mol. The number of carbonyl (C=O) groups is 1. The average molecular weight is 207 g/mol. The highest BCUT2D eigenvalue weighted by Crippen LogP contribution is 2.25. The molecule has 0 fully saturated rings. The van der Waals surface area contributed by atoms with E-state index in [1.165, 1.54) is 0 Å². The Morgan fingerprint density at radius 3 is 2.47 bits per heavy atom. The fourth-order valence-electron chi connectivity index (χ4n) is 1.63. The third-order valence-corrected chi connectivity index (χ3v) is 2.32. The molecule has 0 heterocycles. The minimum Gasteiger partial charge on any atom is -0.496 e. The van der Waals surface area contributed by atoms with E-state index in [-0.39, 0.29) is 5.78 Å². The second-order valence-corrected chi connectivity index (χ2v) is 3.81. The van der Waals surface area contributed by atoms with Crippen molar-refractivity contribution in [1.29, 1.82) is 0 Å². The maximum atomic E-state index is 11.9. The highest BCUT2D eigenvalue weighted by molar-refractivity contribution is 6.03. The Labute approximate surface area is 90.2 Å². The highest BCUT2D eigenvalue weighted by atomic mass is 16.5. The Morgan fingerprint density at radius 1 is 1.40 bits per heavy atom. The van der Waals surface area contributed by atoms with Crippen LogP contribution in [-0.4, -0.2) is 18.9 Å². The number of methoxy groups -OCH3 is 1. The smallest absolute Gasteiger partial charge is 0.183 e. The van der Waals surface area contributed by atoms with E-state index in [2.05, 4.69) is 0 Å². The summed E-state index contributed by atoms with van der Waals surface area (Å²) in [4.78, 5) is 11.9. The minimum absolute atomic E-state index is 0.0793. The molecule has 0 radical (unpaired) electrons. The molecular formula is C12H17NO2. The summed E-state index contributed by atoms with van der Waals surface area (Å²) in [6.45, 7) is 5.54. The van der Waals surface area contributed by atoms with Crippen LogP contribution in [0.25, 0.3) is 0 Å². The summed E-state index contributed by atoms with van der Waals surface area (Å²) in [6.07, 6.45) is 0. The van der Waals surface area contributed by atoms with E-state index in [0.717, 1.165) is 11.1 Å². The molecule has 1 atom stereocenters. The zero-order valence-electron chi connectivity index (χ0n) is 9.63. The van der Waals surface area contributed by atoms with Crippen LogP contribution >= 0.6 is 0 Å². The number of hydrogen-bond acceptors (Lipinski definition) is 3. The normalized spacial score (nSPS) is 12.3. The van der Waals surface area contributed by atoms with Crippen molar-refractivity contribution in [3.05, 3.63) is 28.8 Å². The molecule has 0 aliphatic carbocycles. The number of hydrogen-bond donors (Lipinski definition) is 1. The fraction of sp³-hybridized carbons (Fsp3) is 0.417. The van der Waals surface area contributed by atoms with Gasteiger partial charge in [-0.1, -0.05) is 6.07 Å². The summed E-state index contributed by atoms with van der Waals surface area (Å²) in [5, 5.41) is 0. The second-order valence-electron chi connectivity index (χ2n) is 3.81. The summed E-state index contributed by atoms with van der Waals surface area (Å²) in [5.41, 5.74) is 8.17. The molecular weight excluding hydrogens is 190 g/mol. The molecule has 1 aromatic rings. The van der Waals surface area contributed by atoms with Crippen molar-refractivity contribution >= 4 is 5.78 Å². The van der Waals surface area contributed by atoms with Gasteiger partial charge < -0.3 is 10.5 Å². The Bertz CT molecular complexity index is 383. The highest BCUT2D eigenvalue weighted by Gasteiger charge is 2.18. The standard InChI is InChI=1S/C12H17NO2/c1-7-5-8(2)11(10(6-7)15-4)12(14)9(3)13/h5-6,9H,13H2,1-4H3. The van der Waals surface area contributed by atoms with Crippen molar-refractivity contribution in [3.63, 3.8) is 0 Å². The lowest BCUT2D eigenvalue weighted by Gasteiger charge is -2.13. The van der Waals surface area contributed by atoms with Crippen LogP contribution in [0.2, 0.25) is 0 Å². The second kappa shape index (κ2) is 4.45. The number of ether oxygens (including phenoxy) is 1. The van der Waals surface area contributed by atoms with Crippen LogP contribution in [0.15, 0.2) is 12.1 Å². The Balaban J connectivity index is 3.33. The molecule has 1 unspecified atom stereocenters. The molecule has 1 rings (SSSR count). The number of benzene rings is 1. The molecule has 0 saturated carbocycles. The zero-order chi connectivity index (χ0) is 11.6. The van der Waals surface area contributed by atoms with Crippen molar-refractivity contribution in [3.8, 4) is 5.75 Å². The molecule has 0 saturated heterocycles. The van der Waals surface area contributed by atoms with E-state index in [1.54, 1.807) is 14.0 Å². The fourth-order valence-corrected chi connectivity index (χ4v) is 1.63. The SMILES string of the molecule is COc1cc(C)cc(C)c1C(=O)C(C)N. The lowest BCUT2D eigenvalue weighted by molar-refractivity contribution is 0.0964. The molecule has 0 spiro atoms. The largest absolute Gasteiger partial charge is 0.496 e. The lowest BCUT2D eigenvalue weighted by Crippen LogP contribution is -2.27. The van der Waals surface area contributed by atoms with Gasteiger partial charge in [-0.25, -0.2) is 0 Å². The number of carbonyl (C=O) groups excluding carboxylic acids is 1. The number of nitrogens with two attached hydrogens (primary N) is 1. The van der Waals surface area contributed by atoms with Gasteiger partial charge in [0.1, 0.15) is 5.75 Å². The van der Waals surface area contributed by atoms with E-state index >= 15 is 0 Å². The van der Waals surface area contributed by atoms with Gasteiger partial charge in [0.25, 0.3) is 0 Å². The van der Waals surface area contributed by atoms with Crippen LogP contribution < -0.4 is 10.5 Å². The van der Waals surface area contributed by atoms with Crippen LogP contribution in [0.3, 0.4) is 0 Å². The Hall–Kier alpha value is -1.35. The predicted molar refractivity (Wildman–Crippen MR) is 60.4 cm³/mol. The Morgan fingerprint density at radius 2 is 2.00 bits per heavy atom. The molecule has 1 aromatic carbocycles. The summed E-state index contributed by atoms with van der Waals surface area (Å²) in [5.74, 6) is 0.527. The summed E-state index contributed by atoms with van der Waals surface area (Å²) >= 11 is 0. The van der Waals surface area contributed by atoms with Crippen molar-refractivity contribution in [1.82, 2.24) is 0 Å². The molecule has 3 nitrogen and oxygen atoms in total. The van der Waals surface area contributed by atoms with Gasteiger partial charge in [-0.15, -0.1) is 0 Å². The molecule has 0 amide bonds. The first-order valence-electron chi connectivity index (χ1n) is 4.92. The maximum Gasteiger partial charge on any atom is 0.183 e. The molecule has 82 valence electrons. The quantitative estimate of drug-likeness (QED) is 0.769. The molecule has 0 bridgehead atoms. The van der Waals surface area contributed by atoms with Gasteiger partial charge >= 0.3 is 0 Å². The van der Waals surface area contributed by atoms with Crippen molar-refractivity contribution in [2.75, 3.05) is 7.11 Å². The minimum atomic E-state index is -0.500. The van der Waals surface area contributed by atoms with Gasteiger partial charge in [0.15, 0.2) is 5.78 Å². The summed E-state index contributed by atoms with van der Waals surface area (Å²) < 4.78 is 5.20. The summed E-state index contributed by atoms with van der Waals surface area (Å²) in [6, 6.07) is 3.31. The maximum absolute atomic E-state index is 11.9. The van der Waals surface area contributed by atoms with Gasteiger partial charge in [0, 0.05) is 0 Å².